The van der Waals surface area contributed by atoms with Crippen LogP contribution in [0.1, 0.15) is 27.2 Å². The van der Waals surface area contributed by atoms with Crippen LogP contribution in [-0.2, 0) is 7.05 Å². The Bertz CT molecular complexity index is 1260. The molecule has 2 N–H and O–H groups in total. The van der Waals surface area contributed by atoms with Gasteiger partial charge in [-0.15, -0.1) is 0 Å². The van der Waals surface area contributed by atoms with Crippen LogP contribution in [0.25, 0.3) is 5.65 Å². The van der Waals surface area contributed by atoms with E-state index in [4.69, 9.17) is 0 Å². The number of benzene rings is 1. The maximum absolute atomic E-state index is 11.2. The molecule has 7 nitrogen and oxygen atoms in total. The molecule has 4 rings (SSSR count). The van der Waals surface area contributed by atoms with Gasteiger partial charge in [0.2, 0.25) is 0 Å². The molecule has 0 amide bonds. The van der Waals surface area contributed by atoms with E-state index in [0.29, 0.717) is 11.3 Å². The monoisotopic (exact) mass is 371 g/mol. The lowest BCUT2D eigenvalue weighted by molar-refractivity contribution is 0.0697. The van der Waals surface area contributed by atoms with Crippen molar-refractivity contribution in [2.45, 2.75) is 6.92 Å². The largest absolute Gasteiger partial charge is 0.478 e. The highest BCUT2D eigenvalue weighted by atomic mass is 16.4. The lowest BCUT2D eigenvalue weighted by atomic mass is 10.1. The van der Waals surface area contributed by atoms with Crippen LogP contribution in [-0.4, -0.2) is 30.2 Å². The van der Waals surface area contributed by atoms with Crippen LogP contribution in [0.4, 0.5) is 11.4 Å². The zero-order chi connectivity index (χ0) is 19.7. The first-order chi connectivity index (χ1) is 13.5. The minimum Gasteiger partial charge on any atom is -0.478 e. The third-order valence-corrected chi connectivity index (χ3v) is 4.33. The zero-order valence-electron chi connectivity index (χ0n) is 15.3. The van der Waals surface area contributed by atoms with Gasteiger partial charge >= 0.3 is 5.97 Å². The number of fused-ring (bicyclic) bond motifs is 1. The maximum atomic E-state index is 11.2. The second-order valence-corrected chi connectivity index (χ2v) is 6.37. The molecule has 3 aromatic heterocycles. The molecular weight excluding hydrogens is 354 g/mol. The Morgan fingerprint density at radius 3 is 2.82 bits per heavy atom. The van der Waals surface area contributed by atoms with E-state index in [1.807, 2.05) is 42.9 Å². The Labute approximate surface area is 161 Å². The number of rotatable bonds is 3. The highest BCUT2D eigenvalue weighted by Gasteiger charge is 2.08. The Kier molecular flexibility index (Phi) is 4.30. The first-order valence-electron chi connectivity index (χ1n) is 8.59. The molecule has 0 aliphatic heterocycles. The summed E-state index contributed by atoms with van der Waals surface area (Å²) in [5.41, 5.74) is 4.98. The van der Waals surface area contributed by atoms with E-state index in [2.05, 4.69) is 27.2 Å². The van der Waals surface area contributed by atoms with Crippen LogP contribution >= 0.6 is 0 Å². The lowest BCUT2D eigenvalue weighted by Gasteiger charge is -2.05. The Morgan fingerprint density at radius 2 is 2.07 bits per heavy atom. The van der Waals surface area contributed by atoms with Crippen LogP contribution in [0.15, 0.2) is 55.1 Å². The third-order valence-electron chi connectivity index (χ3n) is 4.33. The number of aryl methyl sites for hydroxylation is 2. The molecule has 28 heavy (non-hydrogen) atoms. The summed E-state index contributed by atoms with van der Waals surface area (Å²) in [5, 5.41) is 16.6. The van der Waals surface area contributed by atoms with E-state index < -0.39 is 5.97 Å². The SMILES string of the molecule is Cc1ccc(C(=O)O)cc1C#Cc1cnc2c(Nc3cnn(C)c3)cccn12. The van der Waals surface area contributed by atoms with E-state index in [0.717, 1.165) is 22.6 Å². The van der Waals surface area contributed by atoms with Gasteiger partial charge in [-0.1, -0.05) is 12.0 Å². The summed E-state index contributed by atoms with van der Waals surface area (Å²) in [6.07, 6.45) is 7.21. The number of nitrogens with one attached hydrogen (secondary N) is 1. The molecule has 7 heteroatoms. The smallest absolute Gasteiger partial charge is 0.335 e. The van der Waals surface area contributed by atoms with Gasteiger partial charge in [0.05, 0.1) is 29.3 Å². The molecular formula is C21H17N5O2. The van der Waals surface area contributed by atoms with Gasteiger partial charge < -0.3 is 10.4 Å². The van der Waals surface area contributed by atoms with Crippen LogP contribution < -0.4 is 5.32 Å². The van der Waals surface area contributed by atoms with Crippen LogP contribution in [0.2, 0.25) is 0 Å². The second kappa shape index (κ2) is 6.93. The summed E-state index contributed by atoms with van der Waals surface area (Å²) in [6.45, 7) is 1.90. The standard InChI is InChI=1S/C21H17N5O2/c1-14-5-6-16(21(27)28)10-15(14)7-8-18-12-22-20-19(4-3-9-26(18)20)24-17-11-23-25(2)13-17/h3-6,9-13,24H,1-2H3,(H,27,28). The van der Waals surface area contributed by atoms with Crippen molar-refractivity contribution in [3.63, 3.8) is 0 Å². The van der Waals surface area contributed by atoms with E-state index in [1.165, 1.54) is 0 Å². The van der Waals surface area contributed by atoms with Gasteiger partial charge in [0.15, 0.2) is 5.65 Å². The molecule has 0 aliphatic carbocycles. The molecule has 0 saturated carbocycles. The van der Waals surface area contributed by atoms with E-state index >= 15 is 0 Å². The number of nitrogens with zero attached hydrogens (tertiary/aromatic N) is 4. The van der Waals surface area contributed by atoms with Crippen LogP contribution in [0.3, 0.4) is 0 Å². The van der Waals surface area contributed by atoms with Gasteiger partial charge in [0.1, 0.15) is 5.69 Å². The fraction of sp³-hybridized carbons (Fsp3) is 0.0952. The minimum atomic E-state index is -0.969. The van der Waals surface area contributed by atoms with Crippen molar-refractivity contribution in [2.75, 3.05) is 5.32 Å². The Balaban J connectivity index is 1.70. The molecule has 0 atom stereocenters. The summed E-state index contributed by atoms with van der Waals surface area (Å²) in [6, 6.07) is 8.77. The van der Waals surface area contributed by atoms with Crippen molar-refractivity contribution in [1.29, 1.82) is 0 Å². The van der Waals surface area contributed by atoms with Crippen molar-refractivity contribution in [3.05, 3.63) is 77.5 Å². The number of hydrogen-bond acceptors (Lipinski definition) is 4. The molecule has 0 bridgehead atoms. The third kappa shape index (κ3) is 3.31. The van der Waals surface area contributed by atoms with Crippen molar-refractivity contribution in [2.24, 2.45) is 7.05 Å². The summed E-state index contributed by atoms with van der Waals surface area (Å²) in [7, 11) is 1.86. The van der Waals surface area contributed by atoms with E-state index in [9.17, 15) is 9.90 Å². The number of carboxylic acids is 1. The van der Waals surface area contributed by atoms with Crippen LogP contribution in [0, 0.1) is 18.8 Å². The molecule has 0 spiro atoms. The predicted octanol–water partition coefficient (Wildman–Crippen LogP) is 3.22. The highest BCUT2D eigenvalue weighted by molar-refractivity contribution is 5.88. The summed E-state index contributed by atoms with van der Waals surface area (Å²) in [4.78, 5) is 15.7. The van der Waals surface area contributed by atoms with E-state index in [1.54, 1.807) is 35.3 Å². The van der Waals surface area contributed by atoms with Crippen LogP contribution in [0.5, 0.6) is 0 Å². The fourth-order valence-corrected chi connectivity index (χ4v) is 2.86. The van der Waals surface area contributed by atoms with Gasteiger partial charge in [0.25, 0.3) is 0 Å². The second-order valence-electron chi connectivity index (χ2n) is 6.37. The van der Waals surface area contributed by atoms with Gasteiger partial charge in [-0.05, 0) is 42.7 Å². The number of aromatic carboxylic acids is 1. The summed E-state index contributed by atoms with van der Waals surface area (Å²) < 4.78 is 3.61. The number of carboxylic acid groups (broad SMARTS) is 1. The highest BCUT2D eigenvalue weighted by Crippen LogP contribution is 2.21. The molecule has 4 aromatic rings. The quantitative estimate of drug-likeness (QED) is 0.540. The first kappa shape index (κ1) is 17.4. The topological polar surface area (TPSA) is 84.4 Å². The van der Waals surface area contributed by atoms with Gasteiger partial charge in [-0.2, -0.15) is 5.10 Å². The van der Waals surface area contributed by atoms with Crippen molar-refractivity contribution >= 4 is 23.0 Å². The van der Waals surface area contributed by atoms with E-state index in [-0.39, 0.29) is 5.56 Å². The molecule has 0 unspecified atom stereocenters. The number of hydrogen-bond donors (Lipinski definition) is 2. The maximum Gasteiger partial charge on any atom is 0.335 e. The van der Waals surface area contributed by atoms with Crippen molar-refractivity contribution in [3.8, 4) is 11.8 Å². The average molecular weight is 371 g/mol. The Hall–Kier alpha value is -4.05. The Morgan fingerprint density at radius 1 is 1.21 bits per heavy atom. The molecule has 3 heterocycles. The molecule has 0 radical (unpaired) electrons. The first-order valence-corrected chi connectivity index (χ1v) is 8.59. The average Bonchev–Trinajstić information content (AvgIpc) is 3.27. The number of aromatic nitrogens is 4. The molecule has 138 valence electrons. The normalized spacial score (nSPS) is 10.5. The molecule has 0 aliphatic rings. The number of carbonyl (C=O) groups is 1. The van der Waals surface area contributed by atoms with Gasteiger partial charge in [-0.25, -0.2) is 9.78 Å². The summed E-state index contributed by atoms with van der Waals surface area (Å²) in [5.74, 6) is 5.20. The van der Waals surface area contributed by atoms with Gasteiger partial charge in [0, 0.05) is 25.0 Å². The minimum absolute atomic E-state index is 0.219. The molecule has 1 aromatic carbocycles. The van der Waals surface area contributed by atoms with Gasteiger partial charge in [-0.3, -0.25) is 9.08 Å². The van der Waals surface area contributed by atoms with Crippen molar-refractivity contribution < 1.29 is 9.90 Å². The number of anilines is 2. The lowest BCUT2D eigenvalue weighted by Crippen LogP contribution is -1.97. The van der Waals surface area contributed by atoms with Crippen molar-refractivity contribution in [1.82, 2.24) is 19.2 Å². The zero-order valence-corrected chi connectivity index (χ0v) is 15.3. The molecule has 0 fully saturated rings. The number of imidazole rings is 1. The predicted molar refractivity (Wildman–Crippen MR) is 106 cm³/mol. The fourth-order valence-electron chi connectivity index (χ4n) is 2.86. The molecule has 0 saturated heterocycles. The summed E-state index contributed by atoms with van der Waals surface area (Å²) >= 11 is 0. The number of pyridine rings is 1.